The molecule has 146 valence electrons. The molecule has 0 aromatic heterocycles. The lowest BCUT2D eigenvalue weighted by molar-refractivity contribution is -0.132. The first-order valence-electron chi connectivity index (χ1n) is 9.64. The second kappa shape index (κ2) is 10.4. The van der Waals surface area contributed by atoms with E-state index in [1.54, 1.807) is 0 Å². The first-order valence-corrected chi connectivity index (χ1v) is 9.64. The van der Waals surface area contributed by atoms with Crippen LogP contribution < -0.4 is 20.5 Å². The van der Waals surface area contributed by atoms with Gasteiger partial charge in [-0.15, -0.1) is 0 Å². The van der Waals surface area contributed by atoms with Crippen LogP contribution in [0.4, 0.5) is 0 Å². The molecule has 3 atom stereocenters. The van der Waals surface area contributed by atoms with Crippen LogP contribution in [0.1, 0.15) is 58.1 Å². The van der Waals surface area contributed by atoms with Crippen LogP contribution in [0.5, 0.6) is 11.5 Å². The van der Waals surface area contributed by atoms with Gasteiger partial charge in [-0.1, -0.05) is 19.9 Å². The molecule has 1 saturated heterocycles. The van der Waals surface area contributed by atoms with Gasteiger partial charge in [0.15, 0.2) is 11.5 Å². The van der Waals surface area contributed by atoms with Crippen molar-refractivity contribution in [3.63, 3.8) is 0 Å². The van der Waals surface area contributed by atoms with Crippen LogP contribution in [0.2, 0.25) is 0 Å². The van der Waals surface area contributed by atoms with E-state index in [0.29, 0.717) is 19.8 Å². The Bertz CT molecular complexity index is 579. The number of carbonyl (C=O) groups excluding carboxylic acids is 1. The minimum Gasteiger partial charge on any atom is -0.490 e. The van der Waals surface area contributed by atoms with Gasteiger partial charge in [-0.05, 0) is 50.3 Å². The molecule has 6 heteroatoms. The maximum absolute atomic E-state index is 12.4. The molecular weight excluding hydrogens is 332 g/mol. The highest BCUT2D eigenvalue weighted by atomic mass is 16.5. The lowest BCUT2D eigenvalue weighted by Crippen LogP contribution is -2.37. The van der Waals surface area contributed by atoms with E-state index in [1.165, 1.54) is 0 Å². The van der Waals surface area contributed by atoms with Crippen LogP contribution in [-0.4, -0.2) is 37.9 Å². The normalized spacial score (nSPS) is 20.6. The Labute approximate surface area is 156 Å². The Hall–Kier alpha value is -1.79. The summed E-state index contributed by atoms with van der Waals surface area (Å²) in [4.78, 5) is 12.4. The van der Waals surface area contributed by atoms with Gasteiger partial charge in [-0.2, -0.15) is 0 Å². The summed E-state index contributed by atoms with van der Waals surface area (Å²) < 4.78 is 17.3. The number of amides is 1. The van der Waals surface area contributed by atoms with Crippen LogP contribution in [0, 0.1) is 0 Å². The molecule has 1 heterocycles. The number of rotatable bonds is 10. The van der Waals surface area contributed by atoms with E-state index < -0.39 is 6.10 Å². The predicted octanol–water partition coefficient (Wildman–Crippen LogP) is 2.95. The van der Waals surface area contributed by atoms with Gasteiger partial charge in [-0.25, -0.2) is 0 Å². The fraction of sp³-hybridized carbons (Fsp3) is 0.650. The van der Waals surface area contributed by atoms with Crippen molar-refractivity contribution in [2.75, 3.05) is 19.8 Å². The van der Waals surface area contributed by atoms with Crippen molar-refractivity contribution >= 4 is 5.91 Å². The molecule has 6 nitrogen and oxygen atoms in total. The van der Waals surface area contributed by atoms with Crippen molar-refractivity contribution < 1.29 is 19.0 Å². The molecule has 2 rings (SSSR count). The van der Waals surface area contributed by atoms with Gasteiger partial charge in [0, 0.05) is 6.54 Å². The van der Waals surface area contributed by atoms with E-state index in [-0.39, 0.29) is 18.1 Å². The van der Waals surface area contributed by atoms with Crippen LogP contribution in [-0.2, 0) is 9.53 Å². The Morgan fingerprint density at radius 2 is 1.92 bits per heavy atom. The second-order valence-corrected chi connectivity index (χ2v) is 6.69. The van der Waals surface area contributed by atoms with Crippen LogP contribution in [0.15, 0.2) is 18.2 Å². The summed E-state index contributed by atoms with van der Waals surface area (Å²) in [5.74, 6) is 1.38. The topological polar surface area (TPSA) is 82.8 Å². The number of nitrogens with one attached hydrogen (secondary N) is 1. The molecule has 1 aliphatic rings. The molecule has 1 amide bonds. The molecule has 3 N–H and O–H groups in total. The number of hydrogen-bond acceptors (Lipinski definition) is 5. The fourth-order valence-corrected chi connectivity index (χ4v) is 2.91. The standard InChI is InChI=1S/C20H32N2O4/c1-4-10-24-17-8-6-15(12-19(17)25-11-5-2)14(3)22-20(23)18-9-7-16(13-21)26-18/h6,8,12,14,16,18H,4-5,7,9-11,13,21H2,1-3H3,(H,22,23)/t14?,16-,18+/m1/s1. The van der Waals surface area contributed by atoms with Crippen molar-refractivity contribution in [2.45, 2.75) is 64.7 Å². The Balaban J connectivity index is 2.02. The summed E-state index contributed by atoms with van der Waals surface area (Å²) in [5, 5.41) is 3.03. The minimum absolute atomic E-state index is 0.00917. The van der Waals surface area contributed by atoms with Gasteiger partial charge in [-0.3, -0.25) is 4.79 Å². The number of ether oxygens (including phenoxy) is 3. The highest BCUT2D eigenvalue weighted by molar-refractivity contribution is 5.81. The zero-order valence-corrected chi connectivity index (χ0v) is 16.1. The van der Waals surface area contributed by atoms with Gasteiger partial charge in [0.1, 0.15) is 6.10 Å². The summed E-state index contributed by atoms with van der Waals surface area (Å²) in [7, 11) is 0. The van der Waals surface area contributed by atoms with Gasteiger partial charge >= 0.3 is 0 Å². The Kier molecular flexibility index (Phi) is 8.19. The van der Waals surface area contributed by atoms with Crippen molar-refractivity contribution in [3.8, 4) is 11.5 Å². The maximum atomic E-state index is 12.4. The molecule has 1 aliphatic heterocycles. The molecule has 1 aromatic carbocycles. The molecule has 0 bridgehead atoms. The van der Waals surface area contributed by atoms with E-state index in [9.17, 15) is 4.79 Å². The first-order chi connectivity index (χ1) is 12.6. The molecule has 0 saturated carbocycles. The van der Waals surface area contributed by atoms with E-state index in [0.717, 1.165) is 42.7 Å². The molecule has 0 spiro atoms. The summed E-state index contributed by atoms with van der Waals surface area (Å²) >= 11 is 0. The highest BCUT2D eigenvalue weighted by Crippen LogP contribution is 2.31. The average Bonchev–Trinajstić information content (AvgIpc) is 3.14. The predicted molar refractivity (Wildman–Crippen MR) is 102 cm³/mol. The minimum atomic E-state index is -0.408. The SMILES string of the molecule is CCCOc1ccc(C(C)NC(=O)[C@@H]2CC[C@H](CN)O2)cc1OCCC. The van der Waals surface area contributed by atoms with E-state index >= 15 is 0 Å². The molecule has 1 unspecified atom stereocenters. The highest BCUT2D eigenvalue weighted by Gasteiger charge is 2.30. The molecule has 26 heavy (non-hydrogen) atoms. The monoisotopic (exact) mass is 364 g/mol. The average molecular weight is 364 g/mol. The van der Waals surface area contributed by atoms with Crippen molar-refractivity contribution in [2.24, 2.45) is 5.73 Å². The summed E-state index contributed by atoms with van der Waals surface area (Å²) in [6.45, 7) is 7.82. The molecule has 1 aromatic rings. The summed E-state index contributed by atoms with van der Waals surface area (Å²) in [5.41, 5.74) is 6.59. The Morgan fingerprint density at radius 3 is 2.54 bits per heavy atom. The third-order valence-electron chi connectivity index (χ3n) is 4.41. The molecule has 1 fully saturated rings. The quantitative estimate of drug-likeness (QED) is 0.667. The zero-order chi connectivity index (χ0) is 18.9. The van der Waals surface area contributed by atoms with Crippen molar-refractivity contribution in [3.05, 3.63) is 23.8 Å². The second-order valence-electron chi connectivity index (χ2n) is 6.69. The number of hydrogen-bond donors (Lipinski definition) is 2. The number of nitrogens with two attached hydrogens (primary N) is 1. The van der Waals surface area contributed by atoms with Crippen molar-refractivity contribution in [1.82, 2.24) is 5.32 Å². The number of benzene rings is 1. The third-order valence-corrected chi connectivity index (χ3v) is 4.41. The molecule has 0 aliphatic carbocycles. The summed E-state index contributed by atoms with van der Waals surface area (Å²) in [6, 6.07) is 5.68. The van der Waals surface area contributed by atoms with Crippen molar-refractivity contribution in [1.29, 1.82) is 0 Å². The molecule has 0 radical (unpaired) electrons. The van der Waals surface area contributed by atoms with E-state index in [2.05, 4.69) is 19.2 Å². The van der Waals surface area contributed by atoms with Gasteiger partial charge in [0.25, 0.3) is 0 Å². The first kappa shape index (κ1) is 20.5. The maximum Gasteiger partial charge on any atom is 0.249 e. The van der Waals surface area contributed by atoms with Gasteiger partial charge in [0.05, 0.1) is 25.4 Å². The van der Waals surface area contributed by atoms with E-state index in [4.69, 9.17) is 19.9 Å². The van der Waals surface area contributed by atoms with Gasteiger partial charge in [0.2, 0.25) is 5.91 Å². The third kappa shape index (κ3) is 5.61. The van der Waals surface area contributed by atoms with Gasteiger partial charge < -0.3 is 25.3 Å². The largest absolute Gasteiger partial charge is 0.490 e. The van der Waals surface area contributed by atoms with Crippen LogP contribution in [0.25, 0.3) is 0 Å². The Morgan fingerprint density at radius 1 is 1.23 bits per heavy atom. The smallest absolute Gasteiger partial charge is 0.249 e. The van der Waals surface area contributed by atoms with Crippen LogP contribution in [0.3, 0.4) is 0 Å². The number of carbonyl (C=O) groups is 1. The van der Waals surface area contributed by atoms with Crippen LogP contribution >= 0.6 is 0 Å². The molecular formula is C20H32N2O4. The van der Waals surface area contributed by atoms with E-state index in [1.807, 2.05) is 25.1 Å². The zero-order valence-electron chi connectivity index (χ0n) is 16.1. The fourth-order valence-electron chi connectivity index (χ4n) is 2.91. The summed E-state index contributed by atoms with van der Waals surface area (Å²) in [6.07, 6.45) is 2.99. The lowest BCUT2D eigenvalue weighted by atomic mass is 10.1. The lowest BCUT2D eigenvalue weighted by Gasteiger charge is -2.20.